The molecule has 0 fully saturated rings. The second kappa shape index (κ2) is 7.01. The lowest BCUT2D eigenvalue weighted by molar-refractivity contribution is -0.385. The summed E-state index contributed by atoms with van der Waals surface area (Å²) >= 11 is 0. The number of hydrogen-bond acceptors (Lipinski definition) is 6. The maximum Gasteiger partial charge on any atom is 0.312 e. The monoisotopic (exact) mass is 353 g/mol. The van der Waals surface area contributed by atoms with E-state index in [0.29, 0.717) is 17.1 Å². The van der Waals surface area contributed by atoms with Gasteiger partial charge in [0.1, 0.15) is 0 Å². The molecule has 1 N–H and O–H groups in total. The fraction of sp³-hybridized carbons (Fsp3) is 0.118. The molecule has 26 heavy (non-hydrogen) atoms. The van der Waals surface area contributed by atoms with Crippen molar-refractivity contribution in [1.82, 2.24) is 14.8 Å². The van der Waals surface area contributed by atoms with Crippen molar-refractivity contribution in [3.05, 3.63) is 70.2 Å². The van der Waals surface area contributed by atoms with Gasteiger partial charge in [0.25, 0.3) is 5.91 Å². The van der Waals surface area contributed by atoms with Crippen LogP contribution >= 0.6 is 0 Å². The van der Waals surface area contributed by atoms with E-state index in [4.69, 9.17) is 4.74 Å². The third-order valence-electron chi connectivity index (χ3n) is 3.75. The van der Waals surface area contributed by atoms with Gasteiger partial charge in [0, 0.05) is 18.0 Å². The van der Waals surface area contributed by atoms with E-state index in [-0.39, 0.29) is 17.1 Å². The lowest BCUT2D eigenvalue weighted by atomic mass is 10.2. The molecule has 2 heterocycles. The highest BCUT2D eigenvalue weighted by Gasteiger charge is 2.19. The number of nitrogens with zero attached hydrogens (tertiary/aromatic N) is 4. The molecule has 0 aliphatic rings. The molecule has 3 aromatic rings. The van der Waals surface area contributed by atoms with Crippen LogP contribution in [0.2, 0.25) is 0 Å². The number of hydrogen-bond donors (Lipinski definition) is 1. The van der Waals surface area contributed by atoms with E-state index in [0.717, 1.165) is 0 Å². The largest absolute Gasteiger partial charge is 0.490 e. The van der Waals surface area contributed by atoms with E-state index < -0.39 is 10.8 Å². The second-order valence-corrected chi connectivity index (χ2v) is 5.34. The van der Waals surface area contributed by atoms with Crippen LogP contribution in [-0.4, -0.2) is 32.7 Å². The lowest BCUT2D eigenvalue weighted by Crippen LogP contribution is -2.13. The Morgan fingerprint density at radius 1 is 1.31 bits per heavy atom. The molecule has 0 aliphatic carbocycles. The molecule has 0 unspecified atom stereocenters. The molecule has 0 spiro atoms. The minimum atomic E-state index is -0.571. The molecular formula is C17H15N5O4. The van der Waals surface area contributed by atoms with Gasteiger partial charge in [-0.1, -0.05) is 6.07 Å². The molecule has 0 saturated heterocycles. The number of nitrogens with one attached hydrogen (secondary N) is 1. The molecule has 2 aromatic heterocycles. The van der Waals surface area contributed by atoms with Gasteiger partial charge in [-0.2, -0.15) is 5.10 Å². The number of carbonyl (C=O) groups is 1. The topological polar surface area (TPSA) is 112 Å². The highest BCUT2D eigenvalue weighted by atomic mass is 16.6. The van der Waals surface area contributed by atoms with Crippen LogP contribution in [0.25, 0.3) is 5.82 Å². The Bertz CT molecular complexity index is 969. The molecule has 9 nitrogen and oxygen atoms in total. The summed E-state index contributed by atoms with van der Waals surface area (Å²) in [6.45, 7) is 1.74. The number of rotatable bonds is 5. The van der Waals surface area contributed by atoms with Crippen molar-refractivity contribution in [2.24, 2.45) is 0 Å². The maximum atomic E-state index is 12.5. The quantitative estimate of drug-likeness (QED) is 0.557. The number of anilines is 1. The van der Waals surface area contributed by atoms with Gasteiger partial charge >= 0.3 is 5.69 Å². The zero-order valence-electron chi connectivity index (χ0n) is 14.0. The van der Waals surface area contributed by atoms with Gasteiger partial charge in [-0.05, 0) is 31.2 Å². The highest BCUT2D eigenvalue weighted by Crippen LogP contribution is 2.30. The summed E-state index contributed by atoms with van der Waals surface area (Å²) in [4.78, 5) is 27.3. The molecule has 132 valence electrons. The van der Waals surface area contributed by atoms with E-state index in [1.54, 1.807) is 29.9 Å². The summed E-state index contributed by atoms with van der Waals surface area (Å²) in [6, 6.07) is 9.58. The van der Waals surface area contributed by atoms with Crippen molar-refractivity contribution in [2.75, 3.05) is 12.4 Å². The van der Waals surface area contributed by atoms with Crippen LogP contribution in [0.1, 0.15) is 16.1 Å². The summed E-state index contributed by atoms with van der Waals surface area (Å²) in [6.07, 6.45) is 3.06. The fourth-order valence-electron chi connectivity index (χ4n) is 2.45. The molecule has 3 rings (SSSR count). The van der Waals surface area contributed by atoms with Gasteiger partial charge in [0.05, 0.1) is 29.5 Å². The maximum absolute atomic E-state index is 12.5. The smallest absolute Gasteiger partial charge is 0.312 e. The molecular weight excluding hydrogens is 338 g/mol. The molecule has 0 aliphatic heterocycles. The molecule has 0 radical (unpaired) electrons. The molecule has 0 bridgehead atoms. The Hall–Kier alpha value is -3.75. The Balaban J connectivity index is 1.87. The first-order chi connectivity index (χ1) is 12.5. The summed E-state index contributed by atoms with van der Waals surface area (Å²) in [5.41, 5.74) is 0.997. The standard InChI is InChI=1S/C17H15N5O4/c1-11-13(10-19-21(11)16-5-3-4-8-18-16)17(23)20-12-6-7-15(26-2)14(9-12)22(24)25/h3-10H,1-2H3,(H,20,23). The van der Waals surface area contributed by atoms with Crippen LogP contribution in [0.5, 0.6) is 5.75 Å². The molecule has 0 atom stereocenters. The van der Waals surface area contributed by atoms with Gasteiger partial charge in [0.15, 0.2) is 11.6 Å². The third kappa shape index (κ3) is 3.22. The first kappa shape index (κ1) is 17.1. The van der Waals surface area contributed by atoms with Crippen LogP contribution in [0, 0.1) is 17.0 Å². The lowest BCUT2D eigenvalue weighted by Gasteiger charge is -2.07. The Kier molecular flexibility index (Phi) is 4.61. The first-order valence-corrected chi connectivity index (χ1v) is 7.61. The summed E-state index contributed by atoms with van der Waals surface area (Å²) in [5.74, 6) is 0.278. The zero-order valence-corrected chi connectivity index (χ0v) is 14.0. The van der Waals surface area contributed by atoms with Crippen molar-refractivity contribution in [3.8, 4) is 11.6 Å². The number of benzene rings is 1. The number of methoxy groups -OCH3 is 1. The van der Waals surface area contributed by atoms with Gasteiger partial charge in [0.2, 0.25) is 0 Å². The number of carbonyl (C=O) groups excluding carboxylic acids is 1. The van der Waals surface area contributed by atoms with Crippen molar-refractivity contribution in [2.45, 2.75) is 6.92 Å². The minimum Gasteiger partial charge on any atom is -0.490 e. The van der Waals surface area contributed by atoms with E-state index in [1.807, 2.05) is 6.07 Å². The van der Waals surface area contributed by atoms with Crippen LogP contribution in [-0.2, 0) is 0 Å². The van der Waals surface area contributed by atoms with Crippen molar-refractivity contribution in [3.63, 3.8) is 0 Å². The molecule has 1 aromatic carbocycles. The zero-order chi connectivity index (χ0) is 18.7. The number of amides is 1. The van der Waals surface area contributed by atoms with E-state index in [1.165, 1.54) is 31.5 Å². The average molecular weight is 353 g/mol. The minimum absolute atomic E-state index is 0.118. The molecule has 1 amide bonds. The van der Waals surface area contributed by atoms with Crippen molar-refractivity contribution >= 4 is 17.3 Å². The van der Waals surface area contributed by atoms with E-state index in [9.17, 15) is 14.9 Å². The Morgan fingerprint density at radius 3 is 2.77 bits per heavy atom. The molecule has 0 saturated carbocycles. The third-order valence-corrected chi connectivity index (χ3v) is 3.75. The number of ether oxygens (including phenoxy) is 1. The SMILES string of the molecule is COc1ccc(NC(=O)c2cnn(-c3ccccn3)c2C)cc1[N+](=O)[O-]. The predicted molar refractivity (Wildman–Crippen MR) is 93.7 cm³/mol. The van der Waals surface area contributed by atoms with Crippen LogP contribution < -0.4 is 10.1 Å². The average Bonchev–Trinajstić information content (AvgIpc) is 3.04. The molecule has 9 heteroatoms. The number of nitro benzene ring substituents is 1. The van der Waals surface area contributed by atoms with E-state index in [2.05, 4.69) is 15.4 Å². The Morgan fingerprint density at radius 2 is 2.12 bits per heavy atom. The van der Waals surface area contributed by atoms with Gasteiger partial charge in [-0.3, -0.25) is 14.9 Å². The summed E-state index contributed by atoms with van der Waals surface area (Å²) < 4.78 is 6.50. The first-order valence-electron chi connectivity index (χ1n) is 7.61. The second-order valence-electron chi connectivity index (χ2n) is 5.34. The number of pyridine rings is 1. The van der Waals surface area contributed by atoms with Gasteiger partial charge < -0.3 is 10.1 Å². The van der Waals surface area contributed by atoms with Crippen LogP contribution in [0.15, 0.2) is 48.8 Å². The highest BCUT2D eigenvalue weighted by molar-refractivity contribution is 6.05. The van der Waals surface area contributed by atoms with Gasteiger partial charge in [-0.15, -0.1) is 0 Å². The fourth-order valence-corrected chi connectivity index (χ4v) is 2.45. The predicted octanol–water partition coefficient (Wildman–Crippen LogP) is 2.74. The Labute approximate surface area is 148 Å². The van der Waals surface area contributed by atoms with Gasteiger partial charge in [-0.25, -0.2) is 9.67 Å². The number of nitro groups is 1. The van der Waals surface area contributed by atoms with Crippen molar-refractivity contribution < 1.29 is 14.5 Å². The summed E-state index contributed by atoms with van der Waals surface area (Å²) in [5, 5.41) is 17.9. The number of aromatic nitrogens is 3. The summed E-state index contributed by atoms with van der Waals surface area (Å²) in [7, 11) is 1.34. The normalized spacial score (nSPS) is 10.4. The van der Waals surface area contributed by atoms with Crippen molar-refractivity contribution in [1.29, 1.82) is 0 Å². The van der Waals surface area contributed by atoms with Crippen LogP contribution in [0.3, 0.4) is 0 Å². The van der Waals surface area contributed by atoms with Crippen LogP contribution in [0.4, 0.5) is 11.4 Å². The van der Waals surface area contributed by atoms with E-state index >= 15 is 0 Å².